The number of hydrogen-bond acceptors (Lipinski definition) is 4. The lowest BCUT2D eigenvalue weighted by Crippen LogP contribution is -2.40. The van der Waals surface area contributed by atoms with Crippen molar-refractivity contribution in [1.82, 2.24) is 14.7 Å². The van der Waals surface area contributed by atoms with Crippen molar-refractivity contribution >= 4 is 50.8 Å². The maximum Gasteiger partial charge on any atom is 0.246 e. The number of aryl methyl sites for hydroxylation is 1. The molecule has 2 aromatic heterocycles. The number of rotatable bonds is 5. The molecule has 1 aliphatic rings. The van der Waals surface area contributed by atoms with Crippen molar-refractivity contribution < 1.29 is 9.59 Å². The molecule has 1 N–H and O–H groups in total. The summed E-state index contributed by atoms with van der Waals surface area (Å²) in [5.41, 5.74) is 0.723. The number of halogens is 1. The third-order valence-corrected chi connectivity index (χ3v) is 5.98. The number of nitrogens with one attached hydrogen (secondary N) is 1. The molecule has 138 valence electrons. The van der Waals surface area contributed by atoms with E-state index >= 15 is 0 Å². The number of likely N-dealkylation sites (tertiary alicyclic amines) is 1. The molecule has 0 bridgehead atoms. The largest absolute Gasteiger partial charge is 0.339 e. The molecule has 1 saturated heterocycles. The van der Waals surface area contributed by atoms with Crippen molar-refractivity contribution in [3.8, 4) is 0 Å². The second kappa shape index (κ2) is 8.64. The van der Waals surface area contributed by atoms with Crippen molar-refractivity contribution in [3.63, 3.8) is 0 Å². The fourth-order valence-corrected chi connectivity index (χ4v) is 4.21. The Labute approximate surface area is 165 Å². The first-order valence-electron chi connectivity index (χ1n) is 8.61. The van der Waals surface area contributed by atoms with Gasteiger partial charge in [0, 0.05) is 42.7 Å². The van der Waals surface area contributed by atoms with Crippen LogP contribution in [0.2, 0.25) is 0 Å². The Balaban J connectivity index is 1.47. The van der Waals surface area contributed by atoms with E-state index in [0.29, 0.717) is 25.9 Å². The van der Waals surface area contributed by atoms with Crippen molar-refractivity contribution in [2.45, 2.75) is 26.3 Å². The van der Waals surface area contributed by atoms with E-state index in [9.17, 15) is 9.59 Å². The minimum Gasteiger partial charge on any atom is -0.339 e. The van der Waals surface area contributed by atoms with Gasteiger partial charge in [0.15, 0.2) is 0 Å². The Bertz CT molecular complexity index is 806. The van der Waals surface area contributed by atoms with Gasteiger partial charge in [0.05, 0.1) is 15.7 Å². The molecule has 2 amide bonds. The van der Waals surface area contributed by atoms with Crippen LogP contribution in [-0.4, -0.2) is 39.6 Å². The predicted octanol–water partition coefficient (Wildman–Crippen LogP) is 3.62. The van der Waals surface area contributed by atoms with Crippen LogP contribution in [0.15, 0.2) is 34.4 Å². The van der Waals surface area contributed by atoms with E-state index in [0.717, 1.165) is 20.9 Å². The number of nitrogens with zero attached hydrogens (tertiary/aromatic N) is 3. The van der Waals surface area contributed by atoms with Crippen LogP contribution in [0.3, 0.4) is 0 Å². The molecule has 8 heteroatoms. The Hall–Kier alpha value is -1.93. The zero-order valence-corrected chi connectivity index (χ0v) is 16.9. The van der Waals surface area contributed by atoms with Gasteiger partial charge in [0.2, 0.25) is 11.8 Å². The van der Waals surface area contributed by atoms with Crippen molar-refractivity contribution in [2.24, 2.45) is 5.92 Å². The molecule has 0 aromatic carbocycles. The number of thiophene rings is 1. The molecule has 26 heavy (non-hydrogen) atoms. The first-order valence-corrected chi connectivity index (χ1v) is 10.2. The summed E-state index contributed by atoms with van der Waals surface area (Å²) in [6, 6.07) is 3.93. The zero-order valence-electron chi connectivity index (χ0n) is 14.5. The molecule has 0 unspecified atom stereocenters. The van der Waals surface area contributed by atoms with Crippen LogP contribution in [0.5, 0.6) is 0 Å². The normalized spacial score (nSPS) is 15.5. The minimum absolute atomic E-state index is 0.00222. The summed E-state index contributed by atoms with van der Waals surface area (Å²) < 4.78 is 2.82. The number of anilines is 1. The number of aromatic nitrogens is 2. The van der Waals surface area contributed by atoms with Gasteiger partial charge in [-0.25, -0.2) is 0 Å². The highest BCUT2D eigenvalue weighted by molar-refractivity contribution is 9.11. The van der Waals surface area contributed by atoms with Gasteiger partial charge >= 0.3 is 0 Å². The summed E-state index contributed by atoms with van der Waals surface area (Å²) in [5.74, 6) is -0.0643. The number of piperidine rings is 1. The summed E-state index contributed by atoms with van der Waals surface area (Å²) >= 11 is 5.00. The number of carbonyl (C=O) groups excluding carboxylic acids is 2. The van der Waals surface area contributed by atoms with Crippen LogP contribution in [0.25, 0.3) is 6.08 Å². The molecule has 3 rings (SSSR count). The van der Waals surface area contributed by atoms with E-state index in [1.165, 1.54) is 0 Å². The lowest BCUT2D eigenvalue weighted by Gasteiger charge is -2.30. The van der Waals surface area contributed by atoms with E-state index in [-0.39, 0.29) is 17.7 Å². The van der Waals surface area contributed by atoms with Gasteiger partial charge in [-0.3, -0.25) is 14.3 Å². The second-order valence-electron chi connectivity index (χ2n) is 6.15. The highest BCUT2D eigenvalue weighted by Crippen LogP contribution is 2.24. The molecular weight excluding hydrogens is 416 g/mol. The van der Waals surface area contributed by atoms with Gasteiger partial charge in [-0.15, -0.1) is 11.3 Å². The molecule has 0 spiro atoms. The van der Waals surface area contributed by atoms with Gasteiger partial charge in [0.1, 0.15) is 0 Å². The molecule has 1 aliphatic heterocycles. The highest BCUT2D eigenvalue weighted by Gasteiger charge is 2.26. The highest BCUT2D eigenvalue weighted by atomic mass is 79.9. The second-order valence-corrected chi connectivity index (χ2v) is 8.64. The lowest BCUT2D eigenvalue weighted by molar-refractivity contribution is -0.130. The summed E-state index contributed by atoms with van der Waals surface area (Å²) in [6.45, 7) is 3.97. The SMILES string of the molecule is CCn1cc(NC(=O)C2CCN(C(=O)C=Cc3ccc(Br)s3)CC2)cn1. The molecule has 0 radical (unpaired) electrons. The van der Waals surface area contributed by atoms with Crippen LogP contribution in [-0.2, 0) is 16.1 Å². The first kappa shape index (κ1) is 18.8. The van der Waals surface area contributed by atoms with Crippen molar-refractivity contribution in [2.75, 3.05) is 18.4 Å². The summed E-state index contributed by atoms with van der Waals surface area (Å²) in [6.07, 6.45) is 8.29. The molecular formula is C18H21BrN4O2S. The topological polar surface area (TPSA) is 67.2 Å². The smallest absolute Gasteiger partial charge is 0.246 e. The summed E-state index contributed by atoms with van der Waals surface area (Å²) in [5, 5.41) is 7.07. The Morgan fingerprint density at radius 2 is 2.15 bits per heavy atom. The van der Waals surface area contributed by atoms with Crippen LogP contribution < -0.4 is 5.32 Å². The molecule has 1 fully saturated rings. The average molecular weight is 437 g/mol. The Morgan fingerprint density at radius 1 is 1.38 bits per heavy atom. The summed E-state index contributed by atoms with van der Waals surface area (Å²) in [4.78, 5) is 27.5. The molecule has 2 aromatic rings. The van der Waals surface area contributed by atoms with E-state index < -0.39 is 0 Å². The van der Waals surface area contributed by atoms with Crippen LogP contribution in [0.1, 0.15) is 24.6 Å². The van der Waals surface area contributed by atoms with Crippen LogP contribution in [0, 0.1) is 5.92 Å². The van der Waals surface area contributed by atoms with Gasteiger partial charge < -0.3 is 10.2 Å². The fourth-order valence-electron chi connectivity index (χ4n) is 2.88. The third kappa shape index (κ3) is 4.82. The Morgan fingerprint density at radius 3 is 2.77 bits per heavy atom. The van der Waals surface area contributed by atoms with Crippen molar-refractivity contribution in [1.29, 1.82) is 0 Å². The first-order chi connectivity index (χ1) is 12.5. The van der Waals surface area contributed by atoms with Gasteiger partial charge in [0.25, 0.3) is 0 Å². The molecule has 0 atom stereocenters. The lowest BCUT2D eigenvalue weighted by atomic mass is 9.96. The number of hydrogen-bond donors (Lipinski definition) is 1. The van der Waals surface area contributed by atoms with E-state index in [4.69, 9.17) is 0 Å². The zero-order chi connectivity index (χ0) is 18.5. The van der Waals surface area contributed by atoms with Crippen LogP contribution >= 0.6 is 27.3 Å². The fraction of sp³-hybridized carbons (Fsp3) is 0.389. The monoisotopic (exact) mass is 436 g/mol. The summed E-state index contributed by atoms with van der Waals surface area (Å²) in [7, 11) is 0. The maximum absolute atomic E-state index is 12.4. The number of carbonyl (C=O) groups is 2. The third-order valence-electron chi connectivity index (χ3n) is 4.39. The van der Waals surface area contributed by atoms with E-state index in [1.54, 1.807) is 33.2 Å². The van der Waals surface area contributed by atoms with Gasteiger partial charge in [-0.1, -0.05) is 0 Å². The number of amides is 2. The maximum atomic E-state index is 12.4. The van der Waals surface area contributed by atoms with E-state index in [1.807, 2.05) is 31.3 Å². The van der Waals surface area contributed by atoms with Gasteiger partial charge in [-0.05, 0) is 53.9 Å². The minimum atomic E-state index is -0.0683. The molecule has 0 saturated carbocycles. The molecule has 0 aliphatic carbocycles. The quantitative estimate of drug-likeness (QED) is 0.727. The van der Waals surface area contributed by atoms with E-state index in [2.05, 4.69) is 26.3 Å². The molecule has 6 nitrogen and oxygen atoms in total. The van der Waals surface area contributed by atoms with Crippen LogP contribution in [0.4, 0.5) is 5.69 Å². The average Bonchev–Trinajstić information content (AvgIpc) is 3.28. The standard InChI is InChI=1S/C18H21BrN4O2S/c1-2-23-12-14(11-20-23)21-18(25)13-7-9-22(10-8-13)17(24)6-4-15-3-5-16(19)26-15/h3-6,11-13H,2,7-10H2,1H3,(H,21,25). The molecule has 3 heterocycles. The van der Waals surface area contributed by atoms with Gasteiger partial charge in [-0.2, -0.15) is 5.10 Å². The van der Waals surface area contributed by atoms with Crippen molar-refractivity contribution in [3.05, 3.63) is 39.3 Å². The Kier molecular flexibility index (Phi) is 6.26. The predicted molar refractivity (Wildman–Crippen MR) is 107 cm³/mol.